The zero-order valence-electron chi connectivity index (χ0n) is 18.5. The highest BCUT2D eigenvalue weighted by Crippen LogP contribution is 2.35. The zero-order chi connectivity index (χ0) is 21.4. The van der Waals surface area contributed by atoms with E-state index in [0.717, 1.165) is 24.5 Å². The molecule has 0 radical (unpaired) electrons. The van der Waals surface area contributed by atoms with Gasteiger partial charge in [-0.25, -0.2) is 4.57 Å². The molecule has 0 aliphatic carbocycles. The van der Waals surface area contributed by atoms with Gasteiger partial charge in [-0.1, -0.05) is 36.4 Å². The predicted octanol–water partition coefficient (Wildman–Crippen LogP) is 5.28. The molecule has 4 aromatic rings. The number of aryl methyl sites for hydroxylation is 1. The van der Waals surface area contributed by atoms with Gasteiger partial charge in [-0.2, -0.15) is 5.10 Å². The van der Waals surface area contributed by atoms with E-state index in [4.69, 9.17) is 5.10 Å². The molecule has 1 aliphatic heterocycles. The monoisotopic (exact) mass is 409 g/mol. The van der Waals surface area contributed by atoms with Gasteiger partial charge in [0.25, 0.3) is 0 Å². The van der Waals surface area contributed by atoms with Gasteiger partial charge in [-0.3, -0.25) is 5.01 Å². The number of aromatic nitrogens is 1. The van der Waals surface area contributed by atoms with E-state index in [1.165, 1.54) is 45.8 Å². The number of nitrogens with zero attached hydrogens (tertiary/aromatic N) is 4. The fourth-order valence-electron chi connectivity index (χ4n) is 4.80. The third kappa shape index (κ3) is 3.52. The topological polar surface area (TPSA) is 22.7 Å². The van der Waals surface area contributed by atoms with Gasteiger partial charge in [0.15, 0.2) is 6.20 Å². The summed E-state index contributed by atoms with van der Waals surface area (Å²) in [6.07, 6.45) is 4.67. The second kappa shape index (κ2) is 8.03. The molecule has 1 aliphatic rings. The largest absolute Gasteiger partial charge is 0.371 e. The highest BCUT2D eigenvalue weighted by atomic mass is 15.4. The lowest BCUT2D eigenvalue weighted by Gasteiger charge is -2.23. The van der Waals surface area contributed by atoms with Crippen LogP contribution in [0.3, 0.4) is 0 Å². The lowest BCUT2D eigenvalue weighted by molar-refractivity contribution is -0.644. The Kier molecular flexibility index (Phi) is 5.06. The van der Waals surface area contributed by atoms with Crippen LogP contribution in [0.15, 0.2) is 78.0 Å². The van der Waals surface area contributed by atoms with E-state index in [2.05, 4.69) is 96.4 Å². The number of hydrogen-bond donors (Lipinski definition) is 0. The first-order chi connectivity index (χ1) is 15.1. The van der Waals surface area contributed by atoms with Crippen LogP contribution in [0, 0.1) is 0 Å². The van der Waals surface area contributed by atoms with Crippen molar-refractivity contribution in [1.82, 2.24) is 0 Å². The maximum absolute atomic E-state index is 5.00. The molecule has 1 fully saturated rings. The summed E-state index contributed by atoms with van der Waals surface area (Å²) in [6, 6.07) is 23.8. The molecular formula is C27H29N4+. The summed E-state index contributed by atoms with van der Waals surface area (Å²) in [5, 5.41) is 10.8. The summed E-state index contributed by atoms with van der Waals surface area (Å²) in [6.45, 7) is 4.39. The Balaban J connectivity index is 1.57. The molecule has 5 rings (SSSR count). The summed E-state index contributed by atoms with van der Waals surface area (Å²) in [5.41, 5.74) is 5.85. The van der Waals surface area contributed by atoms with Crippen LogP contribution in [-0.2, 0) is 7.05 Å². The van der Waals surface area contributed by atoms with Crippen molar-refractivity contribution in [2.75, 3.05) is 30.0 Å². The highest BCUT2D eigenvalue weighted by molar-refractivity contribution is 6.09. The fraction of sp³-hybridized carbons (Fsp3) is 0.259. The van der Waals surface area contributed by atoms with Gasteiger partial charge in [-0.05, 0) is 38.0 Å². The molecule has 2 heterocycles. The number of pyridine rings is 1. The van der Waals surface area contributed by atoms with Crippen LogP contribution in [0.25, 0.3) is 21.7 Å². The van der Waals surface area contributed by atoms with Gasteiger partial charge < -0.3 is 4.90 Å². The van der Waals surface area contributed by atoms with E-state index in [1.807, 2.05) is 12.1 Å². The van der Waals surface area contributed by atoms with Crippen molar-refractivity contribution in [1.29, 1.82) is 0 Å². The van der Waals surface area contributed by atoms with Gasteiger partial charge in [0.2, 0.25) is 5.52 Å². The summed E-state index contributed by atoms with van der Waals surface area (Å²) < 4.78 is 2.15. The van der Waals surface area contributed by atoms with Crippen LogP contribution in [0.4, 0.5) is 11.4 Å². The standard InChI is InChI=1S/C27H29N4/c1-20(21-16-19-29(2)25-13-7-6-10-22(21)25)28-30(3)26-14-15-27(31-17-8-9-18-31)24-12-5-4-11-23(24)26/h4-7,10-16,19H,8-9,17-18H2,1-3H3/q+1. The first-order valence-corrected chi connectivity index (χ1v) is 11.1. The Morgan fingerprint density at radius 3 is 2.32 bits per heavy atom. The Morgan fingerprint density at radius 1 is 0.871 bits per heavy atom. The minimum Gasteiger partial charge on any atom is -0.371 e. The molecule has 1 saturated heterocycles. The zero-order valence-corrected chi connectivity index (χ0v) is 18.5. The van der Waals surface area contributed by atoms with E-state index < -0.39 is 0 Å². The lowest BCUT2D eigenvalue weighted by atomic mass is 10.1. The first-order valence-electron chi connectivity index (χ1n) is 11.1. The minimum absolute atomic E-state index is 1.01. The van der Waals surface area contributed by atoms with Crippen LogP contribution >= 0.6 is 0 Å². The summed E-state index contributed by atoms with van der Waals surface area (Å²) in [7, 11) is 4.13. The molecule has 3 aromatic carbocycles. The van der Waals surface area contributed by atoms with Crippen LogP contribution in [0.5, 0.6) is 0 Å². The third-order valence-corrected chi connectivity index (χ3v) is 6.40. The molecule has 31 heavy (non-hydrogen) atoms. The van der Waals surface area contributed by atoms with Gasteiger partial charge in [0, 0.05) is 54.3 Å². The molecule has 0 spiro atoms. The van der Waals surface area contributed by atoms with E-state index in [-0.39, 0.29) is 0 Å². The van der Waals surface area contributed by atoms with Gasteiger partial charge >= 0.3 is 0 Å². The number of fused-ring (bicyclic) bond motifs is 2. The number of hydrogen-bond acceptors (Lipinski definition) is 3. The van der Waals surface area contributed by atoms with Crippen molar-refractivity contribution >= 4 is 38.8 Å². The maximum atomic E-state index is 5.00. The number of benzene rings is 3. The quantitative estimate of drug-likeness (QED) is 0.260. The summed E-state index contributed by atoms with van der Waals surface area (Å²) in [4.78, 5) is 2.51. The molecule has 0 saturated carbocycles. The minimum atomic E-state index is 1.01. The van der Waals surface area contributed by atoms with Crippen molar-refractivity contribution in [3.05, 3.63) is 78.5 Å². The maximum Gasteiger partial charge on any atom is 0.212 e. The normalized spacial score (nSPS) is 14.5. The summed E-state index contributed by atoms with van der Waals surface area (Å²) in [5.74, 6) is 0. The molecule has 0 N–H and O–H groups in total. The Hall–Kier alpha value is -3.40. The number of hydrazone groups is 1. The average molecular weight is 410 g/mol. The van der Waals surface area contributed by atoms with E-state index in [9.17, 15) is 0 Å². The summed E-state index contributed by atoms with van der Waals surface area (Å²) >= 11 is 0. The molecule has 0 atom stereocenters. The van der Waals surface area contributed by atoms with Crippen molar-refractivity contribution < 1.29 is 4.57 Å². The van der Waals surface area contributed by atoms with Crippen molar-refractivity contribution in [3.8, 4) is 0 Å². The molecule has 0 unspecified atom stereocenters. The van der Waals surface area contributed by atoms with Crippen LogP contribution in [0.1, 0.15) is 25.3 Å². The fourth-order valence-corrected chi connectivity index (χ4v) is 4.80. The van der Waals surface area contributed by atoms with E-state index in [0.29, 0.717) is 0 Å². The second-order valence-corrected chi connectivity index (χ2v) is 8.41. The molecule has 0 bridgehead atoms. The third-order valence-electron chi connectivity index (χ3n) is 6.40. The SMILES string of the molecule is C/C(=N\N(C)c1ccc(N2CCCC2)c2ccccc12)c1cc[n+](C)c2ccccc12. The molecule has 4 nitrogen and oxygen atoms in total. The first kappa shape index (κ1) is 19.6. The van der Waals surface area contributed by atoms with Crippen molar-refractivity contribution in [2.45, 2.75) is 19.8 Å². The highest BCUT2D eigenvalue weighted by Gasteiger charge is 2.17. The van der Waals surface area contributed by atoms with Gasteiger partial charge in [0.1, 0.15) is 7.05 Å². The van der Waals surface area contributed by atoms with Gasteiger partial charge in [-0.15, -0.1) is 0 Å². The van der Waals surface area contributed by atoms with Crippen LogP contribution < -0.4 is 14.5 Å². The Morgan fingerprint density at radius 2 is 1.55 bits per heavy atom. The predicted molar refractivity (Wildman–Crippen MR) is 131 cm³/mol. The van der Waals surface area contributed by atoms with Crippen LogP contribution in [-0.4, -0.2) is 25.8 Å². The number of para-hydroxylation sites is 1. The number of rotatable bonds is 4. The van der Waals surface area contributed by atoms with E-state index in [1.54, 1.807) is 0 Å². The van der Waals surface area contributed by atoms with Crippen LogP contribution in [0.2, 0.25) is 0 Å². The molecule has 156 valence electrons. The van der Waals surface area contributed by atoms with E-state index >= 15 is 0 Å². The molecule has 1 aromatic heterocycles. The second-order valence-electron chi connectivity index (χ2n) is 8.41. The lowest BCUT2D eigenvalue weighted by Crippen LogP contribution is -2.29. The Bertz CT molecular complexity index is 1290. The van der Waals surface area contributed by atoms with Gasteiger partial charge in [0.05, 0.1) is 16.8 Å². The smallest absolute Gasteiger partial charge is 0.212 e. The van der Waals surface area contributed by atoms with Crippen molar-refractivity contribution in [3.63, 3.8) is 0 Å². The Labute approximate surface area is 184 Å². The van der Waals surface area contributed by atoms with Crippen molar-refractivity contribution in [2.24, 2.45) is 12.1 Å². The molecule has 4 heteroatoms. The average Bonchev–Trinajstić information content (AvgIpc) is 3.33. The number of anilines is 2. The molecular weight excluding hydrogens is 380 g/mol. The molecule has 0 amide bonds.